The second kappa shape index (κ2) is 7.04. The number of carbonyl (C=O) groups is 1. The van der Waals surface area contributed by atoms with Gasteiger partial charge in [0, 0.05) is 18.8 Å². The van der Waals surface area contributed by atoms with Gasteiger partial charge in [-0.2, -0.15) is 0 Å². The van der Waals surface area contributed by atoms with Gasteiger partial charge in [0.15, 0.2) is 11.5 Å². The van der Waals surface area contributed by atoms with Gasteiger partial charge in [-0.1, -0.05) is 6.07 Å². The Bertz CT molecular complexity index is 669. The predicted octanol–water partition coefficient (Wildman–Crippen LogP) is 3.38. The van der Waals surface area contributed by atoms with Crippen LogP contribution in [0.3, 0.4) is 0 Å². The zero-order valence-corrected chi connectivity index (χ0v) is 13.0. The summed E-state index contributed by atoms with van der Waals surface area (Å²) < 4.78 is 5.61. The van der Waals surface area contributed by atoms with Gasteiger partial charge in [-0.15, -0.1) is 0 Å². The van der Waals surface area contributed by atoms with Crippen molar-refractivity contribution in [3.8, 4) is 11.5 Å². The van der Waals surface area contributed by atoms with E-state index in [1.165, 1.54) is 7.11 Å². The molecule has 5 heteroatoms. The highest BCUT2D eigenvalue weighted by Gasteiger charge is 2.08. The zero-order chi connectivity index (χ0) is 15.2. The highest BCUT2D eigenvalue weighted by atomic mass is 79.9. The number of phenolic OH excluding ortho intramolecular Hbond substituents is 1. The number of phenols is 1. The monoisotopic (exact) mass is 347 g/mol. The molecule has 0 saturated carbocycles. The number of aromatic nitrogens is 1. The fraction of sp³-hybridized carbons (Fsp3) is 0.125. The molecule has 1 aromatic heterocycles. The summed E-state index contributed by atoms with van der Waals surface area (Å²) in [5.41, 5.74) is 2.34. The van der Waals surface area contributed by atoms with Crippen LogP contribution < -0.4 is 4.74 Å². The Labute approximate surface area is 131 Å². The lowest BCUT2D eigenvalue weighted by atomic mass is 10.0. The molecule has 4 nitrogen and oxygen atoms in total. The molecule has 0 fully saturated rings. The predicted molar refractivity (Wildman–Crippen MR) is 84.3 cm³/mol. The number of carbonyl (C=O) groups excluding carboxylic acids is 1. The average Bonchev–Trinajstić information content (AvgIpc) is 2.51. The van der Waals surface area contributed by atoms with Gasteiger partial charge in [0.25, 0.3) is 0 Å². The van der Waals surface area contributed by atoms with Gasteiger partial charge in [0.05, 0.1) is 11.6 Å². The molecule has 0 saturated heterocycles. The molecule has 2 rings (SSSR count). The minimum atomic E-state index is 0.0366. The summed E-state index contributed by atoms with van der Waals surface area (Å²) in [6, 6.07) is 7.15. The highest BCUT2D eigenvalue weighted by Crippen LogP contribution is 2.35. The molecule has 1 N–H and O–H groups in total. The standard InChI is InChI=1S/C16H14BrNO3/c1-21-15-8-12(7-14(17)16(15)20)6-13(10-19)5-11-3-2-4-18-9-11/h2-4,6-10,20H,5H2,1H3/b13-6-. The summed E-state index contributed by atoms with van der Waals surface area (Å²) in [5.74, 6) is 0.386. The maximum atomic E-state index is 11.2. The van der Waals surface area contributed by atoms with Crippen LogP contribution in [0, 0.1) is 0 Å². The van der Waals surface area contributed by atoms with Crippen LogP contribution in [0.15, 0.2) is 46.7 Å². The highest BCUT2D eigenvalue weighted by molar-refractivity contribution is 9.10. The van der Waals surface area contributed by atoms with Gasteiger partial charge in [-0.3, -0.25) is 9.78 Å². The van der Waals surface area contributed by atoms with Crippen LogP contribution in [-0.2, 0) is 11.2 Å². The molecule has 108 valence electrons. The van der Waals surface area contributed by atoms with E-state index in [0.717, 1.165) is 17.4 Å². The number of allylic oxidation sites excluding steroid dienone is 1. The molecule has 1 heterocycles. The third-order valence-corrected chi connectivity index (χ3v) is 3.51. The fourth-order valence-electron chi connectivity index (χ4n) is 1.91. The SMILES string of the molecule is COc1cc(/C=C(\C=O)Cc2cccnc2)cc(Br)c1O. The van der Waals surface area contributed by atoms with Crippen LogP contribution >= 0.6 is 15.9 Å². The Morgan fingerprint density at radius 3 is 2.90 bits per heavy atom. The van der Waals surface area contributed by atoms with Gasteiger partial charge in [0.2, 0.25) is 0 Å². The first kappa shape index (κ1) is 15.3. The van der Waals surface area contributed by atoms with Gasteiger partial charge in [-0.25, -0.2) is 0 Å². The van der Waals surface area contributed by atoms with Crippen molar-refractivity contribution < 1.29 is 14.6 Å². The number of hydrogen-bond acceptors (Lipinski definition) is 4. The molecule has 0 spiro atoms. The molecule has 21 heavy (non-hydrogen) atoms. The lowest BCUT2D eigenvalue weighted by Gasteiger charge is -2.07. The first-order valence-electron chi connectivity index (χ1n) is 6.25. The van der Waals surface area contributed by atoms with Gasteiger partial charge in [0.1, 0.15) is 6.29 Å². The van der Waals surface area contributed by atoms with E-state index >= 15 is 0 Å². The lowest BCUT2D eigenvalue weighted by Crippen LogP contribution is -1.93. The number of aromatic hydroxyl groups is 1. The average molecular weight is 348 g/mol. The molecule has 0 bridgehead atoms. The van der Waals surface area contributed by atoms with Crippen LogP contribution in [0.5, 0.6) is 11.5 Å². The largest absolute Gasteiger partial charge is 0.503 e. The van der Waals surface area contributed by atoms with Crippen molar-refractivity contribution in [2.45, 2.75) is 6.42 Å². The molecule has 1 aromatic carbocycles. The minimum Gasteiger partial charge on any atom is -0.503 e. The number of halogens is 1. The molecule has 0 aliphatic heterocycles. The van der Waals surface area contributed by atoms with Crippen molar-refractivity contribution >= 4 is 28.3 Å². The van der Waals surface area contributed by atoms with Crippen LogP contribution in [0.4, 0.5) is 0 Å². The minimum absolute atomic E-state index is 0.0366. The van der Waals surface area contributed by atoms with Crippen LogP contribution in [0.1, 0.15) is 11.1 Å². The number of hydrogen-bond donors (Lipinski definition) is 1. The summed E-state index contributed by atoms with van der Waals surface area (Å²) in [6.45, 7) is 0. The third-order valence-electron chi connectivity index (χ3n) is 2.91. The molecule has 0 amide bonds. The van der Waals surface area contributed by atoms with Crippen molar-refractivity contribution in [1.82, 2.24) is 4.98 Å². The number of pyridine rings is 1. The summed E-state index contributed by atoms with van der Waals surface area (Å²) in [4.78, 5) is 15.3. The van der Waals surface area contributed by atoms with Gasteiger partial charge < -0.3 is 9.84 Å². The smallest absolute Gasteiger partial charge is 0.172 e. The van der Waals surface area contributed by atoms with E-state index in [1.54, 1.807) is 30.6 Å². The second-order valence-corrected chi connectivity index (χ2v) is 5.28. The molecule has 0 aliphatic rings. The zero-order valence-electron chi connectivity index (χ0n) is 11.4. The van der Waals surface area contributed by atoms with Crippen molar-refractivity contribution in [3.05, 3.63) is 57.8 Å². The van der Waals surface area contributed by atoms with Crippen LogP contribution in [0.2, 0.25) is 0 Å². The maximum Gasteiger partial charge on any atom is 0.172 e. The first-order valence-corrected chi connectivity index (χ1v) is 7.04. The summed E-state index contributed by atoms with van der Waals surface area (Å²) >= 11 is 3.26. The Morgan fingerprint density at radius 2 is 2.29 bits per heavy atom. The molecule has 0 radical (unpaired) electrons. The number of benzene rings is 1. The van der Waals surface area contributed by atoms with Crippen LogP contribution in [0.25, 0.3) is 6.08 Å². The number of ether oxygens (including phenoxy) is 1. The normalized spacial score (nSPS) is 11.2. The fourth-order valence-corrected chi connectivity index (χ4v) is 2.37. The molecular formula is C16H14BrNO3. The number of nitrogens with zero attached hydrogens (tertiary/aromatic N) is 1. The summed E-state index contributed by atoms with van der Waals surface area (Å²) in [7, 11) is 1.48. The van der Waals surface area contributed by atoms with Crippen molar-refractivity contribution in [3.63, 3.8) is 0 Å². The Kier molecular flexibility index (Phi) is 5.11. The van der Waals surface area contributed by atoms with E-state index in [2.05, 4.69) is 20.9 Å². The van der Waals surface area contributed by atoms with Crippen molar-refractivity contribution in [2.75, 3.05) is 7.11 Å². The number of rotatable bonds is 5. The topological polar surface area (TPSA) is 59.4 Å². The Balaban J connectivity index is 2.32. The molecule has 2 aromatic rings. The Hall–Kier alpha value is -2.14. The van der Waals surface area contributed by atoms with Crippen LogP contribution in [-0.4, -0.2) is 23.5 Å². The van der Waals surface area contributed by atoms with E-state index in [4.69, 9.17) is 4.74 Å². The van der Waals surface area contributed by atoms with Gasteiger partial charge >= 0.3 is 0 Å². The number of methoxy groups -OCH3 is 1. The van der Waals surface area contributed by atoms with E-state index in [0.29, 0.717) is 22.2 Å². The third kappa shape index (κ3) is 3.92. The van der Waals surface area contributed by atoms with Crippen molar-refractivity contribution in [1.29, 1.82) is 0 Å². The molecular weight excluding hydrogens is 334 g/mol. The van der Waals surface area contributed by atoms with Crippen molar-refractivity contribution in [2.24, 2.45) is 0 Å². The van der Waals surface area contributed by atoms with E-state index in [1.807, 2.05) is 12.1 Å². The molecule has 0 unspecified atom stereocenters. The maximum absolute atomic E-state index is 11.2. The quantitative estimate of drug-likeness (QED) is 0.665. The first-order chi connectivity index (χ1) is 10.1. The van der Waals surface area contributed by atoms with Gasteiger partial charge in [-0.05, 0) is 56.9 Å². The van der Waals surface area contributed by atoms with E-state index in [9.17, 15) is 9.90 Å². The lowest BCUT2D eigenvalue weighted by molar-refractivity contribution is -0.104. The molecule has 0 aliphatic carbocycles. The van der Waals surface area contributed by atoms with E-state index in [-0.39, 0.29) is 5.75 Å². The van der Waals surface area contributed by atoms with E-state index < -0.39 is 0 Å². The summed E-state index contributed by atoms with van der Waals surface area (Å²) in [5, 5.41) is 9.78. The Morgan fingerprint density at radius 1 is 1.48 bits per heavy atom. The molecule has 0 atom stereocenters. The number of aldehydes is 1. The second-order valence-electron chi connectivity index (χ2n) is 4.43. The summed E-state index contributed by atoms with van der Waals surface area (Å²) in [6.07, 6.45) is 6.49.